The van der Waals surface area contributed by atoms with Crippen LogP contribution in [0.15, 0.2) is 34.9 Å². The zero-order valence-electron chi connectivity index (χ0n) is 8.52. The summed E-state index contributed by atoms with van der Waals surface area (Å²) in [5.41, 5.74) is 0.640. The molecule has 0 bridgehead atoms. The summed E-state index contributed by atoms with van der Waals surface area (Å²) in [5, 5.41) is 12.4. The lowest BCUT2D eigenvalue weighted by Crippen LogP contribution is -2.26. The van der Waals surface area contributed by atoms with Gasteiger partial charge in [-0.3, -0.25) is 0 Å². The summed E-state index contributed by atoms with van der Waals surface area (Å²) >= 11 is 3.41. The molecule has 16 heavy (non-hydrogen) atoms. The van der Waals surface area contributed by atoms with Crippen LogP contribution in [0, 0.1) is 5.21 Å². The van der Waals surface area contributed by atoms with Crippen molar-refractivity contribution >= 4 is 26.8 Å². The van der Waals surface area contributed by atoms with Gasteiger partial charge in [-0.25, -0.2) is 0 Å². The number of benzene rings is 1. The molecule has 1 fully saturated rings. The van der Waals surface area contributed by atoms with Crippen LogP contribution in [0.1, 0.15) is 12.8 Å². The zero-order chi connectivity index (χ0) is 11.1. The second-order valence-corrected chi connectivity index (χ2v) is 4.90. The molecule has 1 aromatic heterocycles. The summed E-state index contributed by atoms with van der Waals surface area (Å²) in [6.45, 7) is 0. The Morgan fingerprint density at radius 1 is 1.31 bits per heavy atom. The van der Waals surface area contributed by atoms with E-state index in [1.807, 2.05) is 12.1 Å². The Hall–Kier alpha value is -1.29. The summed E-state index contributed by atoms with van der Waals surface area (Å²) in [6, 6.07) is 7.31. The highest BCUT2D eigenvalue weighted by atomic mass is 79.9. The number of rotatable bonds is 2. The van der Waals surface area contributed by atoms with Gasteiger partial charge in [-0.15, -0.1) is 0 Å². The van der Waals surface area contributed by atoms with Gasteiger partial charge in [-0.2, -0.15) is 4.73 Å². The summed E-state index contributed by atoms with van der Waals surface area (Å²) in [4.78, 5) is 0. The molecule has 0 radical (unpaired) electrons. The van der Waals surface area contributed by atoms with Crippen LogP contribution in [0.2, 0.25) is 0 Å². The number of hydrogen-bond donors (Lipinski definition) is 0. The van der Waals surface area contributed by atoms with Gasteiger partial charge in [0.15, 0.2) is 6.20 Å². The fourth-order valence-electron chi connectivity index (χ4n) is 1.67. The second-order valence-electron chi connectivity index (χ2n) is 3.98. The fourth-order valence-corrected chi connectivity index (χ4v) is 2.03. The van der Waals surface area contributed by atoms with Crippen LogP contribution >= 0.6 is 15.9 Å². The minimum absolute atomic E-state index is 0.338. The molecule has 0 spiro atoms. The third-order valence-electron chi connectivity index (χ3n) is 2.64. The minimum atomic E-state index is 0.338. The van der Waals surface area contributed by atoms with Crippen molar-refractivity contribution in [1.82, 2.24) is 0 Å². The van der Waals surface area contributed by atoms with Crippen molar-refractivity contribution in [1.29, 1.82) is 0 Å². The first-order valence-corrected chi connectivity index (χ1v) is 6.01. The highest BCUT2D eigenvalue weighted by Gasteiger charge is 2.25. The highest BCUT2D eigenvalue weighted by molar-refractivity contribution is 9.10. The lowest BCUT2D eigenvalue weighted by Gasteiger charge is -2.08. The van der Waals surface area contributed by atoms with E-state index in [2.05, 4.69) is 15.9 Å². The maximum absolute atomic E-state index is 11.6. The first-order valence-electron chi connectivity index (χ1n) is 5.22. The number of fused-ring (bicyclic) bond motifs is 1. The van der Waals surface area contributed by atoms with E-state index in [9.17, 15) is 5.21 Å². The molecule has 3 rings (SSSR count). The number of halogens is 1. The number of pyridine rings is 1. The Kier molecular flexibility index (Phi) is 2.24. The molecule has 0 atom stereocenters. The fraction of sp³-hybridized carbons (Fsp3) is 0.250. The molecule has 2 aromatic rings. The van der Waals surface area contributed by atoms with Crippen molar-refractivity contribution in [2.24, 2.45) is 0 Å². The van der Waals surface area contributed by atoms with E-state index in [0.29, 0.717) is 11.6 Å². The molecule has 3 nitrogen and oxygen atoms in total. The molecule has 82 valence electrons. The van der Waals surface area contributed by atoms with Crippen molar-refractivity contribution in [3.8, 4) is 5.75 Å². The monoisotopic (exact) mass is 279 g/mol. The predicted octanol–water partition coefficient (Wildman–Crippen LogP) is 2.78. The van der Waals surface area contributed by atoms with Crippen molar-refractivity contribution in [3.05, 3.63) is 40.1 Å². The molecule has 0 N–H and O–H groups in total. The van der Waals surface area contributed by atoms with Crippen LogP contribution < -0.4 is 9.47 Å². The van der Waals surface area contributed by atoms with E-state index in [4.69, 9.17) is 4.74 Å². The zero-order valence-corrected chi connectivity index (χ0v) is 10.1. The molecule has 0 saturated heterocycles. The van der Waals surface area contributed by atoms with Crippen LogP contribution in [0.3, 0.4) is 0 Å². The molecular weight excluding hydrogens is 270 g/mol. The number of hydrogen-bond acceptors (Lipinski definition) is 2. The molecular formula is C12H10BrNO2. The van der Waals surface area contributed by atoms with Gasteiger partial charge in [0, 0.05) is 16.6 Å². The Morgan fingerprint density at radius 3 is 2.88 bits per heavy atom. The normalized spacial score (nSPS) is 15.3. The van der Waals surface area contributed by atoms with Gasteiger partial charge in [-0.1, -0.05) is 15.9 Å². The predicted molar refractivity (Wildman–Crippen MR) is 64.3 cm³/mol. The smallest absolute Gasteiger partial charge is 0.227 e. The minimum Gasteiger partial charge on any atom is -0.618 e. The topological polar surface area (TPSA) is 36.2 Å². The van der Waals surface area contributed by atoms with E-state index in [1.165, 1.54) is 6.20 Å². The standard InChI is InChI=1S/C12H10BrNO2/c13-8-1-4-11-10(7-8)12(5-6-14(11)15)16-9-2-3-9/h1,4-7,9H,2-3H2. The van der Waals surface area contributed by atoms with E-state index < -0.39 is 0 Å². The molecule has 0 amide bonds. The van der Waals surface area contributed by atoms with Gasteiger partial charge in [0.05, 0.1) is 11.5 Å². The third kappa shape index (κ3) is 1.73. The van der Waals surface area contributed by atoms with Gasteiger partial charge >= 0.3 is 0 Å². The average Bonchev–Trinajstić information content (AvgIpc) is 3.06. The maximum Gasteiger partial charge on any atom is 0.227 e. The second kappa shape index (κ2) is 3.63. The quantitative estimate of drug-likeness (QED) is 0.626. The van der Waals surface area contributed by atoms with Gasteiger partial charge in [0.2, 0.25) is 5.52 Å². The first-order chi connectivity index (χ1) is 7.74. The van der Waals surface area contributed by atoms with E-state index >= 15 is 0 Å². The van der Waals surface area contributed by atoms with Crippen LogP contribution in [-0.4, -0.2) is 6.10 Å². The van der Waals surface area contributed by atoms with Gasteiger partial charge in [0.1, 0.15) is 5.75 Å². The Labute approximate surface area is 101 Å². The Bertz CT molecular complexity index is 552. The maximum atomic E-state index is 11.6. The molecule has 1 aliphatic carbocycles. The summed E-state index contributed by atoms with van der Waals surface area (Å²) in [7, 11) is 0. The molecule has 1 aliphatic rings. The SMILES string of the molecule is [O-][n+]1ccc(OC2CC2)c2cc(Br)ccc21. The Morgan fingerprint density at radius 2 is 2.12 bits per heavy atom. The highest BCUT2D eigenvalue weighted by Crippen LogP contribution is 2.32. The van der Waals surface area contributed by atoms with Crippen LogP contribution in [0.5, 0.6) is 5.75 Å². The largest absolute Gasteiger partial charge is 0.618 e. The van der Waals surface area contributed by atoms with Crippen molar-refractivity contribution in [3.63, 3.8) is 0 Å². The van der Waals surface area contributed by atoms with Crippen molar-refractivity contribution in [2.45, 2.75) is 18.9 Å². The van der Waals surface area contributed by atoms with E-state index in [0.717, 1.165) is 33.2 Å². The molecule has 1 aromatic carbocycles. The van der Waals surface area contributed by atoms with E-state index in [1.54, 1.807) is 12.1 Å². The van der Waals surface area contributed by atoms with Crippen LogP contribution in [-0.2, 0) is 0 Å². The number of aromatic nitrogens is 1. The molecule has 0 unspecified atom stereocenters. The molecule has 0 aliphatic heterocycles. The summed E-state index contributed by atoms with van der Waals surface area (Å²) in [5.74, 6) is 0.797. The van der Waals surface area contributed by atoms with E-state index in [-0.39, 0.29) is 0 Å². The molecule has 4 heteroatoms. The van der Waals surface area contributed by atoms with Crippen molar-refractivity contribution in [2.75, 3.05) is 0 Å². The van der Waals surface area contributed by atoms with Crippen LogP contribution in [0.25, 0.3) is 10.9 Å². The lowest BCUT2D eigenvalue weighted by atomic mass is 10.2. The van der Waals surface area contributed by atoms with Crippen LogP contribution in [0.4, 0.5) is 0 Å². The Balaban J connectivity index is 2.18. The molecule has 1 saturated carbocycles. The first kappa shape index (κ1) is 9.90. The molecule has 1 heterocycles. The number of ether oxygens (including phenoxy) is 1. The van der Waals surface area contributed by atoms with Gasteiger partial charge in [-0.05, 0) is 25.0 Å². The lowest BCUT2D eigenvalue weighted by molar-refractivity contribution is -0.577. The summed E-state index contributed by atoms with van der Waals surface area (Å²) < 4.78 is 7.59. The van der Waals surface area contributed by atoms with Crippen molar-refractivity contribution < 1.29 is 9.47 Å². The van der Waals surface area contributed by atoms with Gasteiger partial charge in [0.25, 0.3) is 0 Å². The number of nitrogens with zero attached hydrogens (tertiary/aromatic N) is 1. The average molecular weight is 280 g/mol. The third-order valence-corrected chi connectivity index (χ3v) is 3.13. The summed E-state index contributed by atoms with van der Waals surface area (Å²) in [6.07, 6.45) is 4.06. The van der Waals surface area contributed by atoms with Gasteiger partial charge < -0.3 is 9.94 Å².